The number of pyridine rings is 1. The topological polar surface area (TPSA) is 74.3 Å². The molecule has 2 N–H and O–H groups in total. The van der Waals surface area contributed by atoms with Crippen molar-refractivity contribution in [2.24, 2.45) is 0 Å². The van der Waals surface area contributed by atoms with Crippen LogP contribution in [0.25, 0.3) is 0 Å². The van der Waals surface area contributed by atoms with E-state index in [1.165, 1.54) is 0 Å². The lowest BCUT2D eigenvalue weighted by molar-refractivity contribution is -0.129. The van der Waals surface area contributed by atoms with E-state index in [1.807, 2.05) is 26.8 Å². The minimum atomic E-state index is -0.306. The minimum absolute atomic E-state index is 0.0855. The van der Waals surface area contributed by atoms with Crippen LogP contribution in [0.15, 0.2) is 18.3 Å². The zero-order valence-electron chi connectivity index (χ0n) is 12.0. The summed E-state index contributed by atoms with van der Waals surface area (Å²) < 4.78 is 0. The molecule has 0 aliphatic carbocycles. The number of amides is 3. The average Bonchev–Trinajstić information content (AvgIpc) is 2.73. The molecule has 2 heterocycles. The van der Waals surface area contributed by atoms with Crippen LogP contribution in [0, 0.1) is 6.92 Å². The third-order valence-corrected chi connectivity index (χ3v) is 3.29. The molecule has 1 atom stereocenters. The van der Waals surface area contributed by atoms with Crippen molar-refractivity contribution in [3.63, 3.8) is 0 Å². The van der Waals surface area contributed by atoms with E-state index < -0.39 is 0 Å². The Kier molecular flexibility index (Phi) is 4.22. The van der Waals surface area contributed by atoms with Gasteiger partial charge in [-0.1, -0.05) is 0 Å². The van der Waals surface area contributed by atoms with Crippen molar-refractivity contribution >= 4 is 17.6 Å². The zero-order valence-corrected chi connectivity index (χ0v) is 12.0. The molecule has 2 rings (SSSR count). The Morgan fingerprint density at radius 2 is 2.20 bits per heavy atom. The molecule has 6 heteroatoms. The average molecular weight is 276 g/mol. The van der Waals surface area contributed by atoms with Crippen LogP contribution in [0.5, 0.6) is 0 Å². The zero-order chi connectivity index (χ0) is 14.7. The summed E-state index contributed by atoms with van der Waals surface area (Å²) in [6.45, 7) is 6.39. The van der Waals surface area contributed by atoms with Crippen LogP contribution in [0.1, 0.15) is 26.0 Å². The van der Waals surface area contributed by atoms with Crippen LogP contribution in [0.3, 0.4) is 0 Å². The molecule has 0 bridgehead atoms. The minimum Gasteiger partial charge on any atom is -0.338 e. The van der Waals surface area contributed by atoms with Crippen molar-refractivity contribution in [3.05, 3.63) is 24.0 Å². The second-order valence-electron chi connectivity index (χ2n) is 5.33. The molecule has 1 aromatic heterocycles. The Morgan fingerprint density at radius 3 is 2.75 bits per heavy atom. The SMILES string of the molecule is Cc1ccc(NC(=O)NC2CC(=O)N(C(C)C)C2)cn1. The molecule has 0 aromatic carbocycles. The van der Waals surface area contributed by atoms with Crippen LogP contribution in [-0.4, -0.2) is 40.5 Å². The molecule has 1 aliphatic heterocycles. The molecular weight excluding hydrogens is 256 g/mol. The number of carbonyl (C=O) groups is 2. The predicted octanol–water partition coefficient (Wildman–Crippen LogP) is 1.52. The summed E-state index contributed by atoms with van der Waals surface area (Å²) >= 11 is 0. The lowest BCUT2D eigenvalue weighted by Gasteiger charge is -2.21. The quantitative estimate of drug-likeness (QED) is 0.879. The fraction of sp³-hybridized carbons (Fsp3) is 0.500. The summed E-state index contributed by atoms with van der Waals surface area (Å²) in [5, 5.41) is 5.53. The van der Waals surface area contributed by atoms with Crippen molar-refractivity contribution in [3.8, 4) is 0 Å². The maximum atomic E-state index is 11.9. The van der Waals surface area contributed by atoms with E-state index in [-0.39, 0.29) is 24.0 Å². The maximum absolute atomic E-state index is 11.9. The fourth-order valence-corrected chi connectivity index (χ4v) is 2.22. The third-order valence-electron chi connectivity index (χ3n) is 3.29. The molecule has 3 amide bonds. The highest BCUT2D eigenvalue weighted by atomic mass is 16.2. The Hall–Kier alpha value is -2.11. The van der Waals surface area contributed by atoms with Crippen LogP contribution in [0.2, 0.25) is 0 Å². The summed E-state index contributed by atoms with van der Waals surface area (Å²) in [5.74, 6) is 0.0855. The highest BCUT2D eigenvalue weighted by Crippen LogP contribution is 2.14. The van der Waals surface area contributed by atoms with Gasteiger partial charge in [0.1, 0.15) is 0 Å². The van der Waals surface area contributed by atoms with Crippen LogP contribution in [0.4, 0.5) is 10.5 Å². The lowest BCUT2D eigenvalue weighted by Crippen LogP contribution is -2.40. The molecule has 0 spiro atoms. The van der Waals surface area contributed by atoms with Gasteiger partial charge in [-0.2, -0.15) is 0 Å². The lowest BCUT2D eigenvalue weighted by atomic mass is 10.2. The highest BCUT2D eigenvalue weighted by molar-refractivity contribution is 5.90. The van der Waals surface area contributed by atoms with E-state index in [4.69, 9.17) is 0 Å². The Morgan fingerprint density at radius 1 is 1.45 bits per heavy atom. The van der Waals surface area contributed by atoms with Crippen molar-refractivity contribution in [2.75, 3.05) is 11.9 Å². The number of aromatic nitrogens is 1. The molecule has 0 radical (unpaired) electrons. The van der Waals surface area contributed by atoms with Gasteiger partial charge in [0.25, 0.3) is 0 Å². The number of anilines is 1. The highest BCUT2D eigenvalue weighted by Gasteiger charge is 2.31. The molecule has 0 saturated carbocycles. The Labute approximate surface area is 118 Å². The molecule has 6 nitrogen and oxygen atoms in total. The van der Waals surface area contributed by atoms with Gasteiger partial charge in [-0.25, -0.2) is 4.79 Å². The Balaban J connectivity index is 1.86. The first-order valence-electron chi connectivity index (χ1n) is 6.75. The summed E-state index contributed by atoms with van der Waals surface area (Å²) in [6, 6.07) is 3.35. The second kappa shape index (κ2) is 5.90. The van der Waals surface area contributed by atoms with Crippen molar-refractivity contribution in [1.29, 1.82) is 0 Å². The van der Waals surface area contributed by atoms with Gasteiger partial charge in [0.15, 0.2) is 0 Å². The molecule has 1 aliphatic rings. The summed E-state index contributed by atoms with van der Waals surface area (Å²) in [7, 11) is 0. The number of nitrogens with one attached hydrogen (secondary N) is 2. The van der Waals surface area contributed by atoms with Gasteiger partial charge in [-0.05, 0) is 32.9 Å². The molecular formula is C14H20N4O2. The number of nitrogens with zero attached hydrogens (tertiary/aromatic N) is 2. The molecule has 1 aromatic rings. The Bertz CT molecular complexity index is 498. The smallest absolute Gasteiger partial charge is 0.319 e. The number of carbonyl (C=O) groups excluding carboxylic acids is 2. The van der Waals surface area contributed by atoms with Gasteiger partial charge in [0.2, 0.25) is 5.91 Å². The largest absolute Gasteiger partial charge is 0.338 e. The van der Waals surface area contributed by atoms with Gasteiger partial charge < -0.3 is 15.5 Å². The number of rotatable bonds is 3. The fourth-order valence-electron chi connectivity index (χ4n) is 2.22. The van der Waals surface area contributed by atoms with E-state index in [0.29, 0.717) is 18.7 Å². The number of hydrogen-bond acceptors (Lipinski definition) is 3. The monoisotopic (exact) mass is 276 g/mol. The van der Waals surface area contributed by atoms with Gasteiger partial charge in [0.05, 0.1) is 17.9 Å². The van der Waals surface area contributed by atoms with Crippen LogP contribution < -0.4 is 10.6 Å². The van der Waals surface area contributed by atoms with Crippen LogP contribution >= 0.6 is 0 Å². The molecule has 108 valence electrons. The number of likely N-dealkylation sites (tertiary alicyclic amines) is 1. The van der Waals surface area contributed by atoms with E-state index in [9.17, 15) is 9.59 Å². The normalized spacial score (nSPS) is 18.5. The first-order valence-corrected chi connectivity index (χ1v) is 6.75. The van der Waals surface area contributed by atoms with E-state index in [0.717, 1.165) is 5.69 Å². The summed E-state index contributed by atoms with van der Waals surface area (Å²) in [6.07, 6.45) is 1.97. The first kappa shape index (κ1) is 14.3. The predicted molar refractivity (Wildman–Crippen MR) is 76.4 cm³/mol. The third kappa shape index (κ3) is 3.46. The van der Waals surface area contributed by atoms with Crippen molar-refractivity contribution in [1.82, 2.24) is 15.2 Å². The summed E-state index contributed by atoms with van der Waals surface area (Å²) in [5.41, 5.74) is 1.53. The van der Waals surface area contributed by atoms with Gasteiger partial charge >= 0.3 is 6.03 Å². The standard InChI is InChI=1S/C14H20N4O2/c1-9(2)18-8-12(6-13(18)19)17-14(20)16-11-5-4-10(3)15-7-11/h4-5,7,9,12H,6,8H2,1-3H3,(H2,16,17,20). The van der Waals surface area contributed by atoms with Crippen molar-refractivity contribution < 1.29 is 9.59 Å². The molecule has 1 saturated heterocycles. The van der Waals surface area contributed by atoms with Crippen molar-refractivity contribution in [2.45, 2.75) is 39.3 Å². The molecule has 1 fully saturated rings. The van der Waals surface area contributed by atoms with E-state index >= 15 is 0 Å². The van der Waals surface area contributed by atoms with Gasteiger partial charge in [0, 0.05) is 24.7 Å². The maximum Gasteiger partial charge on any atom is 0.319 e. The van der Waals surface area contributed by atoms with Crippen LogP contribution in [-0.2, 0) is 4.79 Å². The van der Waals surface area contributed by atoms with E-state index in [2.05, 4.69) is 15.6 Å². The second-order valence-corrected chi connectivity index (χ2v) is 5.33. The molecule has 20 heavy (non-hydrogen) atoms. The number of urea groups is 1. The molecule has 1 unspecified atom stereocenters. The first-order chi connectivity index (χ1) is 9.45. The van der Waals surface area contributed by atoms with E-state index in [1.54, 1.807) is 17.2 Å². The number of aryl methyl sites for hydroxylation is 1. The summed E-state index contributed by atoms with van der Waals surface area (Å²) in [4.78, 5) is 29.5. The number of hydrogen-bond donors (Lipinski definition) is 2. The van der Waals surface area contributed by atoms with Gasteiger partial charge in [-0.3, -0.25) is 9.78 Å². The van der Waals surface area contributed by atoms with Gasteiger partial charge in [-0.15, -0.1) is 0 Å².